The second-order valence-corrected chi connectivity index (χ2v) is 24.3. The summed E-state index contributed by atoms with van der Waals surface area (Å²) in [7, 11) is -19.2. The van der Waals surface area contributed by atoms with E-state index in [4.69, 9.17) is 4.52 Å². The van der Waals surface area contributed by atoms with Crippen LogP contribution in [0.5, 0.6) is 0 Å². The Morgan fingerprint density at radius 2 is 0.780 bits per heavy atom. The zero-order chi connectivity index (χ0) is 42.4. The fraction of sp³-hybridized carbons (Fsp3) is 0.163. The normalized spacial score (nSPS) is 20.3. The Hall–Kier alpha value is -3.61. The number of quaternary nitrogens is 1. The second-order valence-electron chi connectivity index (χ2n) is 13.0. The summed E-state index contributed by atoms with van der Waals surface area (Å²) >= 11 is 0. The van der Waals surface area contributed by atoms with E-state index in [1.165, 1.54) is 51.5 Å². The SMILES string of the molecule is CC[NH+](CC)CC.COP1(=O)OP(=O)([O-])OP(=O)([O-])O1.c1ccc(P(=N[P+](c2ccccc2)(c2ccccc2)c2ccccc2)(c2ccccc2)c2ccccc2)cc1. The highest BCUT2D eigenvalue weighted by molar-refractivity contribution is 8.01. The third-order valence-electron chi connectivity index (χ3n) is 9.37. The first-order valence-corrected chi connectivity index (χ1v) is 26.9. The number of hydrogen-bond acceptors (Lipinski definition) is 10. The second kappa shape index (κ2) is 21.3. The minimum absolute atomic E-state index is 0.756. The lowest BCUT2D eigenvalue weighted by Gasteiger charge is -2.37. The van der Waals surface area contributed by atoms with Crippen molar-refractivity contribution in [2.75, 3.05) is 26.7 Å². The average molecular weight is 893 g/mol. The van der Waals surface area contributed by atoms with Gasteiger partial charge < -0.3 is 14.7 Å². The predicted molar refractivity (Wildman–Crippen MR) is 238 cm³/mol. The monoisotopic (exact) mass is 892 g/mol. The van der Waals surface area contributed by atoms with Crippen LogP contribution in [0.2, 0.25) is 0 Å². The molecule has 6 aromatic carbocycles. The van der Waals surface area contributed by atoms with Gasteiger partial charge in [-0.3, -0.25) is 13.7 Å². The Balaban J connectivity index is 0.000000273. The Morgan fingerprint density at radius 1 is 0.508 bits per heavy atom. The maximum absolute atomic E-state index is 10.9. The highest BCUT2D eigenvalue weighted by Gasteiger charge is 2.49. The van der Waals surface area contributed by atoms with Gasteiger partial charge in [-0.15, -0.1) is 4.52 Å². The van der Waals surface area contributed by atoms with Crippen molar-refractivity contribution in [1.29, 1.82) is 0 Å². The van der Waals surface area contributed by atoms with Crippen LogP contribution < -0.4 is 46.5 Å². The van der Waals surface area contributed by atoms with E-state index in [0.717, 1.165) is 7.11 Å². The van der Waals surface area contributed by atoms with Gasteiger partial charge in [-0.25, -0.2) is 17.5 Å². The Morgan fingerprint density at radius 3 is 1.02 bits per heavy atom. The zero-order valence-corrected chi connectivity index (χ0v) is 37.8. The predicted octanol–water partition coefficient (Wildman–Crippen LogP) is 6.75. The van der Waals surface area contributed by atoms with Crippen molar-refractivity contribution in [2.24, 2.45) is 4.52 Å². The van der Waals surface area contributed by atoms with Crippen LogP contribution in [0.4, 0.5) is 0 Å². The molecule has 11 nitrogen and oxygen atoms in total. The van der Waals surface area contributed by atoms with Crippen molar-refractivity contribution >= 4 is 69.8 Å². The fourth-order valence-electron chi connectivity index (χ4n) is 6.50. The van der Waals surface area contributed by atoms with Crippen molar-refractivity contribution < 1.29 is 45.8 Å². The van der Waals surface area contributed by atoms with Gasteiger partial charge in [0.2, 0.25) is 7.41 Å². The van der Waals surface area contributed by atoms with Gasteiger partial charge >= 0.3 is 7.82 Å². The van der Waals surface area contributed by atoms with Crippen molar-refractivity contribution in [3.63, 3.8) is 0 Å². The van der Waals surface area contributed by atoms with E-state index in [2.05, 4.69) is 220 Å². The summed E-state index contributed by atoms with van der Waals surface area (Å²) in [4.78, 5) is 22.7. The molecule has 0 aliphatic carbocycles. The topological polar surface area (TPSA) is 151 Å². The van der Waals surface area contributed by atoms with Gasteiger partial charge in [0.1, 0.15) is 23.0 Å². The minimum Gasteiger partial charge on any atom is -0.756 e. The maximum atomic E-state index is 10.9. The van der Waals surface area contributed by atoms with Crippen molar-refractivity contribution in [2.45, 2.75) is 20.8 Å². The quantitative estimate of drug-likeness (QED) is 0.140. The molecular formula is C43H49N2O9P5. The molecule has 0 radical (unpaired) electrons. The third kappa shape index (κ3) is 11.6. The molecule has 310 valence electrons. The summed E-state index contributed by atoms with van der Waals surface area (Å²) in [6, 6.07) is 65.7. The highest BCUT2D eigenvalue weighted by atomic mass is 31.3. The fourth-order valence-corrected chi connectivity index (χ4v) is 20.6. The Bertz CT molecular complexity index is 2160. The molecule has 0 spiro atoms. The number of nitrogens with one attached hydrogen (secondary N) is 1. The van der Waals surface area contributed by atoms with E-state index in [9.17, 15) is 23.5 Å². The molecule has 0 bridgehead atoms. The van der Waals surface area contributed by atoms with Crippen LogP contribution in [0.15, 0.2) is 187 Å². The smallest absolute Gasteiger partial charge is 0.487 e. The van der Waals surface area contributed by atoms with Crippen LogP contribution in [-0.4, -0.2) is 26.7 Å². The molecule has 1 aliphatic heterocycles. The van der Waals surface area contributed by atoms with Gasteiger partial charge in [-0.1, -0.05) is 146 Å². The lowest BCUT2D eigenvalue weighted by molar-refractivity contribution is -0.894. The van der Waals surface area contributed by atoms with Crippen molar-refractivity contribution in [1.82, 2.24) is 0 Å². The molecule has 0 amide bonds. The van der Waals surface area contributed by atoms with Crippen LogP contribution >= 0.6 is 37.9 Å². The van der Waals surface area contributed by atoms with E-state index in [1.54, 1.807) is 4.90 Å². The Kier molecular flexibility index (Phi) is 16.7. The summed E-state index contributed by atoms with van der Waals surface area (Å²) in [5.41, 5.74) is 0. The standard InChI is InChI=1S/C36H30NP2.C6H15N.CH5O9P3/c1-7-19-31(20-8-1)38(32-21-9-2-10-22-32,33-23-11-3-12-24-33)37-39(34-25-13-4-14-26-34,35-27-15-5-16-28-35)36-29-17-6-18-30-36;1-4-7(5-2)6-3;1-7-13(6)9-11(2,3)8-12(4,5)10-13/h1-30H;4-6H2,1-3H3;1H3,(H,2,3)(H,4,5)/q+1;;/p-1. The first-order chi connectivity index (χ1) is 28.4. The van der Waals surface area contributed by atoms with Crippen LogP contribution in [-0.2, 0) is 31.2 Å². The molecule has 59 heavy (non-hydrogen) atoms. The molecular weight excluding hydrogens is 843 g/mol. The number of phosphoric acid groups is 3. The van der Waals surface area contributed by atoms with Gasteiger partial charge in [0, 0.05) is 23.0 Å². The lowest BCUT2D eigenvalue weighted by atomic mass is 10.4. The number of rotatable bonds is 11. The summed E-state index contributed by atoms with van der Waals surface area (Å²) in [6.45, 7) is 10.5. The molecule has 16 heteroatoms. The third-order valence-corrected chi connectivity index (χ3v) is 23.0. The van der Waals surface area contributed by atoms with E-state index < -0.39 is 37.9 Å². The average Bonchev–Trinajstić information content (AvgIpc) is 3.26. The minimum atomic E-state index is -5.18. The van der Waals surface area contributed by atoms with E-state index in [1.807, 2.05) is 0 Å². The number of hydrogen-bond donors (Lipinski definition) is 1. The highest BCUT2D eigenvalue weighted by Crippen LogP contribution is 2.77. The van der Waals surface area contributed by atoms with Gasteiger partial charge in [0.25, 0.3) is 15.6 Å². The molecule has 1 aliphatic rings. The van der Waals surface area contributed by atoms with Gasteiger partial charge in [-0.05, 0) is 57.2 Å². The van der Waals surface area contributed by atoms with Crippen LogP contribution in [0.3, 0.4) is 0 Å². The van der Waals surface area contributed by atoms with Crippen molar-refractivity contribution in [3.05, 3.63) is 182 Å². The molecule has 6 aromatic rings. The van der Waals surface area contributed by atoms with Crippen molar-refractivity contribution in [3.8, 4) is 0 Å². The Labute approximate surface area is 348 Å². The summed E-state index contributed by atoms with van der Waals surface area (Å²) in [5.74, 6) is 0. The zero-order valence-electron chi connectivity index (χ0n) is 33.3. The molecule has 0 saturated carbocycles. The van der Waals surface area contributed by atoms with Gasteiger partial charge in [0.15, 0.2) is 0 Å². The van der Waals surface area contributed by atoms with E-state index in [-0.39, 0.29) is 0 Å². The molecule has 1 heterocycles. The number of benzene rings is 6. The number of nitrogens with zero attached hydrogens (tertiary/aromatic N) is 1. The largest absolute Gasteiger partial charge is 0.756 e. The molecule has 1 saturated heterocycles. The first kappa shape index (κ1) is 46.5. The summed E-state index contributed by atoms with van der Waals surface area (Å²) in [6.07, 6.45) is 0. The van der Waals surface area contributed by atoms with E-state index >= 15 is 0 Å². The summed E-state index contributed by atoms with van der Waals surface area (Å²) < 4.78 is 53.0. The molecule has 2 unspecified atom stereocenters. The van der Waals surface area contributed by atoms with E-state index in [0.29, 0.717) is 0 Å². The molecule has 1 N–H and O–H groups in total. The molecule has 7 rings (SSSR count). The van der Waals surface area contributed by atoms with Gasteiger partial charge in [0.05, 0.1) is 19.6 Å². The molecule has 0 aromatic heterocycles. The maximum Gasteiger partial charge on any atom is 0.487 e. The van der Waals surface area contributed by atoms with Crippen LogP contribution in [0.25, 0.3) is 0 Å². The first-order valence-electron chi connectivity index (χ1n) is 19.0. The van der Waals surface area contributed by atoms with Gasteiger partial charge in [-0.2, -0.15) is 0 Å². The molecule has 1 fully saturated rings. The van der Waals surface area contributed by atoms with Crippen LogP contribution in [0.1, 0.15) is 20.8 Å². The molecule has 2 atom stereocenters. The van der Waals surface area contributed by atoms with Crippen LogP contribution in [0, 0.1) is 0 Å². The lowest BCUT2D eigenvalue weighted by Crippen LogP contribution is -3.11. The summed E-state index contributed by atoms with van der Waals surface area (Å²) in [5, 5.41) is 7.55.